The molecule has 220 valence electrons. The van der Waals surface area contributed by atoms with E-state index in [1.807, 2.05) is 45.9 Å². The zero-order chi connectivity index (χ0) is 29.7. The number of pyridine rings is 1. The Morgan fingerprint density at radius 1 is 1.20 bits per heavy atom. The molecule has 0 aliphatic carbocycles. The first-order chi connectivity index (χ1) is 19.4. The molecule has 1 aromatic carbocycles. The Labute approximate surface area is 243 Å². The van der Waals surface area contributed by atoms with Gasteiger partial charge in [0, 0.05) is 37.8 Å². The van der Waals surface area contributed by atoms with E-state index < -0.39 is 0 Å². The summed E-state index contributed by atoms with van der Waals surface area (Å²) in [5, 5.41) is 7.04. The molecule has 1 amide bonds. The first-order valence-corrected chi connectivity index (χ1v) is 14.8. The number of nitrogens with one attached hydrogen (secondary N) is 2. The molecule has 40 heavy (non-hydrogen) atoms. The highest BCUT2D eigenvalue weighted by Crippen LogP contribution is 2.29. The molecule has 1 aliphatic heterocycles. The van der Waals surface area contributed by atoms with Crippen LogP contribution in [0.5, 0.6) is 5.75 Å². The SMILES string of the molecule is CC.CC.CCCCn1c(=O)c(OCC(=O)NC)cc2cc(Nc3nc(N4CCCC(C)C4)ncc3Cl)ccc21. The Bertz CT molecular complexity index is 1300. The Morgan fingerprint density at radius 2 is 1.95 bits per heavy atom. The van der Waals surface area contributed by atoms with Crippen molar-refractivity contribution in [2.24, 2.45) is 5.92 Å². The van der Waals surface area contributed by atoms with E-state index in [9.17, 15) is 9.59 Å². The van der Waals surface area contributed by atoms with E-state index >= 15 is 0 Å². The lowest BCUT2D eigenvalue weighted by Crippen LogP contribution is -2.35. The van der Waals surface area contributed by atoms with Gasteiger partial charge >= 0.3 is 0 Å². The predicted molar refractivity (Wildman–Crippen MR) is 166 cm³/mol. The lowest BCUT2D eigenvalue weighted by molar-refractivity contribution is -0.122. The van der Waals surface area contributed by atoms with Crippen molar-refractivity contribution >= 4 is 45.9 Å². The molecular weight excluding hydrogens is 528 g/mol. The summed E-state index contributed by atoms with van der Waals surface area (Å²) < 4.78 is 7.28. The summed E-state index contributed by atoms with van der Waals surface area (Å²) in [6.07, 6.45) is 5.75. The highest BCUT2D eigenvalue weighted by Gasteiger charge is 2.20. The van der Waals surface area contributed by atoms with Gasteiger partial charge in [0.15, 0.2) is 18.2 Å². The van der Waals surface area contributed by atoms with Crippen LogP contribution in [0.25, 0.3) is 10.9 Å². The molecule has 1 aliphatic rings. The van der Waals surface area contributed by atoms with Gasteiger partial charge in [0.2, 0.25) is 5.95 Å². The molecule has 2 aromatic heterocycles. The number of halogens is 1. The second-order valence-corrected chi connectivity index (χ2v) is 9.65. The van der Waals surface area contributed by atoms with Gasteiger partial charge in [-0.15, -0.1) is 0 Å². The Kier molecular flexibility index (Phi) is 13.7. The van der Waals surface area contributed by atoms with Gasteiger partial charge in [-0.3, -0.25) is 9.59 Å². The standard InChI is InChI=1S/C26H33ClN6O3.2C2H6/c1-4-5-11-33-21-9-8-19(12-18(21)13-22(25(33)35)36-16-23(34)28-3)30-24-20(27)14-29-26(31-24)32-10-6-7-17(2)15-32;2*1-2/h8-9,12-14,17H,4-7,10-11,15-16H2,1-3H3,(H,28,34)(H,29,30,31);2*1-2H3. The summed E-state index contributed by atoms with van der Waals surface area (Å²) in [4.78, 5) is 36.1. The number of rotatable bonds is 9. The number of hydrogen-bond acceptors (Lipinski definition) is 7. The van der Waals surface area contributed by atoms with Gasteiger partial charge in [-0.05, 0) is 49.4 Å². The summed E-state index contributed by atoms with van der Waals surface area (Å²) >= 11 is 6.44. The monoisotopic (exact) mass is 572 g/mol. The number of aromatic nitrogens is 3. The molecule has 1 saturated heterocycles. The Hall–Kier alpha value is -3.33. The molecule has 0 saturated carbocycles. The number of amides is 1. The smallest absolute Gasteiger partial charge is 0.293 e. The van der Waals surface area contributed by atoms with E-state index in [-0.39, 0.29) is 23.8 Å². The van der Waals surface area contributed by atoms with Gasteiger partial charge in [-0.2, -0.15) is 4.98 Å². The third-order valence-corrected chi connectivity index (χ3v) is 6.64. The molecule has 1 unspecified atom stereocenters. The molecule has 2 N–H and O–H groups in total. The normalized spacial score (nSPS) is 14.4. The van der Waals surface area contributed by atoms with Crippen LogP contribution in [0.15, 0.2) is 35.3 Å². The van der Waals surface area contributed by atoms with E-state index in [2.05, 4.69) is 34.4 Å². The first kappa shape index (κ1) is 32.9. The van der Waals surface area contributed by atoms with E-state index in [0.717, 1.165) is 48.9 Å². The maximum atomic E-state index is 13.1. The van der Waals surface area contributed by atoms with Gasteiger partial charge in [0.25, 0.3) is 11.5 Å². The summed E-state index contributed by atoms with van der Waals surface area (Å²) in [6, 6.07) is 7.40. The summed E-state index contributed by atoms with van der Waals surface area (Å²) in [5.41, 5.74) is 1.31. The molecule has 0 spiro atoms. The minimum atomic E-state index is -0.303. The van der Waals surface area contributed by atoms with Crippen LogP contribution in [0, 0.1) is 5.92 Å². The van der Waals surface area contributed by atoms with Crippen LogP contribution < -0.4 is 25.8 Å². The van der Waals surface area contributed by atoms with Crippen molar-refractivity contribution in [1.29, 1.82) is 0 Å². The number of anilines is 3. The largest absolute Gasteiger partial charge is 0.478 e. The molecule has 1 fully saturated rings. The molecule has 3 aromatic rings. The van der Waals surface area contributed by atoms with Crippen LogP contribution in [0.1, 0.15) is 67.2 Å². The third kappa shape index (κ3) is 8.58. The number of unbranched alkanes of at least 4 members (excludes halogenated alkanes) is 1. The predicted octanol–water partition coefficient (Wildman–Crippen LogP) is 6.40. The number of benzene rings is 1. The number of likely N-dealkylation sites (N-methyl/N-ethyl adjacent to an activating group) is 1. The maximum absolute atomic E-state index is 13.1. The fourth-order valence-corrected chi connectivity index (χ4v) is 4.54. The number of carbonyl (C=O) groups excluding carboxylic acids is 1. The van der Waals surface area contributed by atoms with Crippen LogP contribution in [-0.2, 0) is 11.3 Å². The molecule has 1 atom stereocenters. The number of hydrogen-bond donors (Lipinski definition) is 2. The number of carbonyl (C=O) groups is 1. The van der Waals surface area contributed by atoms with Crippen LogP contribution in [0.2, 0.25) is 5.02 Å². The number of nitrogens with zero attached hydrogens (tertiary/aromatic N) is 4. The topological polar surface area (TPSA) is 101 Å². The molecule has 3 heterocycles. The highest BCUT2D eigenvalue weighted by molar-refractivity contribution is 6.32. The second-order valence-electron chi connectivity index (χ2n) is 9.24. The summed E-state index contributed by atoms with van der Waals surface area (Å²) in [7, 11) is 1.53. The van der Waals surface area contributed by atoms with Gasteiger partial charge in [0.05, 0.1) is 11.7 Å². The fourth-order valence-electron chi connectivity index (χ4n) is 4.40. The lowest BCUT2D eigenvalue weighted by atomic mass is 10.0. The van der Waals surface area contributed by atoms with Gasteiger partial charge in [-0.25, -0.2) is 4.98 Å². The van der Waals surface area contributed by atoms with Crippen LogP contribution in [0.4, 0.5) is 17.5 Å². The number of fused-ring (bicyclic) bond motifs is 1. The number of piperidine rings is 1. The quantitative estimate of drug-likeness (QED) is 0.306. The fraction of sp³-hybridized carbons (Fsp3) is 0.533. The van der Waals surface area contributed by atoms with Crippen LogP contribution in [-0.4, -0.2) is 47.2 Å². The van der Waals surface area contributed by atoms with Crippen molar-refractivity contribution < 1.29 is 9.53 Å². The molecule has 4 rings (SSSR count). The van der Waals surface area contributed by atoms with Gasteiger partial charge < -0.3 is 24.8 Å². The van der Waals surface area contributed by atoms with Crippen molar-refractivity contribution in [3.05, 3.63) is 45.8 Å². The summed E-state index contributed by atoms with van der Waals surface area (Å²) in [5.74, 6) is 1.62. The maximum Gasteiger partial charge on any atom is 0.293 e. The van der Waals surface area contributed by atoms with Gasteiger partial charge in [-0.1, -0.05) is 59.6 Å². The van der Waals surface area contributed by atoms with Crippen molar-refractivity contribution in [1.82, 2.24) is 19.9 Å². The molecule has 0 bridgehead atoms. The average Bonchev–Trinajstić information content (AvgIpc) is 2.98. The van der Waals surface area contributed by atoms with Crippen molar-refractivity contribution in [3.8, 4) is 5.75 Å². The highest BCUT2D eigenvalue weighted by atomic mass is 35.5. The zero-order valence-electron chi connectivity index (χ0n) is 25.0. The van der Waals surface area contributed by atoms with Crippen LogP contribution >= 0.6 is 11.6 Å². The van der Waals surface area contributed by atoms with E-state index in [1.165, 1.54) is 13.5 Å². The Morgan fingerprint density at radius 3 is 2.62 bits per heavy atom. The molecule has 10 heteroatoms. The van der Waals surface area contributed by atoms with Crippen molar-refractivity contribution in [3.63, 3.8) is 0 Å². The van der Waals surface area contributed by atoms with E-state index in [4.69, 9.17) is 21.3 Å². The zero-order valence-corrected chi connectivity index (χ0v) is 25.8. The minimum Gasteiger partial charge on any atom is -0.478 e. The molecule has 9 nitrogen and oxygen atoms in total. The first-order valence-electron chi connectivity index (χ1n) is 14.4. The van der Waals surface area contributed by atoms with E-state index in [1.54, 1.807) is 16.8 Å². The number of ether oxygens (including phenoxy) is 1. The van der Waals surface area contributed by atoms with Gasteiger partial charge in [0.1, 0.15) is 5.02 Å². The third-order valence-electron chi connectivity index (χ3n) is 6.37. The van der Waals surface area contributed by atoms with Crippen molar-refractivity contribution in [2.75, 3.05) is 37.0 Å². The van der Waals surface area contributed by atoms with Crippen LogP contribution in [0.3, 0.4) is 0 Å². The number of aryl methyl sites for hydroxylation is 1. The molecule has 0 radical (unpaired) electrons. The minimum absolute atomic E-state index is 0.140. The van der Waals surface area contributed by atoms with E-state index in [0.29, 0.717) is 29.3 Å². The van der Waals surface area contributed by atoms with Crippen molar-refractivity contribution in [2.45, 2.75) is 73.8 Å². The molecular formula is C30H45ClN6O3. The second kappa shape index (κ2) is 16.7. The average molecular weight is 573 g/mol. The Balaban J connectivity index is 0.00000134. The summed E-state index contributed by atoms with van der Waals surface area (Å²) in [6.45, 7) is 14.5. The lowest BCUT2D eigenvalue weighted by Gasteiger charge is -2.31.